The van der Waals surface area contributed by atoms with Crippen molar-refractivity contribution in [2.45, 2.75) is 31.6 Å². The van der Waals surface area contributed by atoms with Gasteiger partial charge in [0.15, 0.2) is 0 Å². The number of aromatic nitrogens is 2. The van der Waals surface area contributed by atoms with Crippen LogP contribution in [0.15, 0.2) is 109 Å². The molecule has 0 aliphatic heterocycles. The Labute approximate surface area is 260 Å². The molecule has 0 saturated heterocycles. The third-order valence-corrected chi connectivity index (χ3v) is 8.25. The summed E-state index contributed by atoms with van der Waals surface area (Å²) >= 11 is 0. The summed E-state index contributed by atoms with van der Waals surface area (Å²) < 4.78 is 0. The first-order chi connectivity index (χ1) is 21.5. The molecule has 6 heteroatoms. The smallest absolute Gasteiger partial charge is 0.228 e. The molecule has 1 aliphatic rings. The van der Waals surface area contributed by atoms with E-state index < -0.39 is 0 Å². The Morgan fingerprint density at radius 2 is 1.57 bits per heavy atom. The van der Waals surface area contributed by atoms with Crippen molar-refractivity contribution in [2.75, 3.05) is 37.8 Å². The highest BCUT2D eigenvalue weighted by Crippen LogP contribution is 2.42. The van der Waals surface area contributed by atoms with Crippen molar-refractivity contribution in [1.82, 2.24) is 14.9 Å². The molecule has 1 unspecified atom stereocenters. The molecular formula is C38H39N5O. The molecule has 1 aliphatic carbocycles. The van der Waals surface area contributed by atoms with E-state index in [1.165, 1.54) is 11.1 Å². The van der Waals surface area contributed by atoms with Crippen LogP contribution in [0.25, 0.3) is 22.4 Å². The Bertz CT molecular complexity index is 1720. The first-order valence-electron chi connectivity index (χ1n) is 15.4. The molecule has 1 amide bonds. The van der Waals surface area contributed by atoms with Gasteiger partial charge in [-0.1, -0.05) is 91.0 Å². The van der Waals surface area contributed by atoms with Gasteiger partial charge in [0.05, 0.1) is 12.1 Å². The second kappa shape index (κ2) is 13.7. The molecule has 5 aromatic rings. The molecule has 0 bridgehead atoms. The molecule has 0 spiro atoms. The molecule has 0 fully saturated rings. The first kappa shape index (κ1) is 29.3. The molecular weight excluding hydrogens is 542 g/mol. The standard InChI is InChI=1S/C38H39N5O/c1-43(2)23-11-10-22-39-38-40-26-30-24-35(33-16-8-9-17-34(33)37(30)42-38)28-18-20-31(21-19-28)41-36(44)25-29-14-6-7-15-32(29)27-12-4-3-5-13-27/h3-9,12-21,26,35H,10-11,22-25H2,1-2H3,(H,41,44)(H,39,40,42). The minimum Gasteiger partial charge on any atom is -0.354 e. The minimum atomic E-state index is -0.0302. The van der Waals surface area contributed by atoms with Crippen molar-refractivity contribution in [1.29, 1.82) is 0 Å². The maximum absolute atomic E-state index is 13.1. The summed E-state index contributed by atoms with van der Waals surface area (Å²) in [4.78, 5) is 24.9. The van der Waals surface area contributed by atoms with E-state index in [4.69, 9.17) is 4.98 Å². The fraction of sp³-hybridized carbons (Fsp3) is 0.237. The largest absolute Gasteiger partial charge is 0.354 e. The lowest BCUT2D eigenvalue weighted by atomic mass is 9.78. The lowest BCUT2D eigenvalue weighted by Crippen LogP contribution is -2.17. The number of carbonyl (C=O) groups excluding carboxylic acids is 1. The summed E-state index contributed by atoms with van der Waals surface area (Å²) in [5.41, 5.74) is 9.81. The van der Waals surface area contributed by atoms with E-state index in [0.717, 1.165) is 71.6 Å². The number of unbranched alkanes of at least 4 members (excludes halogenated alkanes) is 1. The lowest BCUT2D eigenvalue weighted by Gasteiger charge is -2.27. The fourth-order valence-corrected chi connectivity index (χ4v) is 6.02. The van der Waals surface area contributed by atoms with Gasteiger partial charge in [0.2, 0.25) is 11.9 Å². The van der Waals surface area contributed by atoms with Crippen molar-refractivity contribution >= 4 is 17.5 Å². The fourth-order valence-electron chi connectivity index (χ4n) is 6.02. The third-order valence-electron chi connectivity index (χ3n) is 8.25. The highest BCUT2D eigenvalue weighted by atomic mass is 16.1. The Morgan fingerprint density at radius 3 is 2.36 bits per heavy atom. The second-order valence-electron chi connectivity index (χ2n) is 11.7. The van der Waals surface area contributed by atoms with Gasteiger partial charge in [-0.05, 0) is 85.4 Å². The number of carbonyl (C=O) groups is 1. The van der Waals surface area contributed by atoms with Crippen LogP contribution in [0, 0.1) is 0 Å². The van der Waals surface area contributed by atoms with Gasteiger partial charge in [-0.15, -0.1) is 0 Å². The van der Waals surface area contributed by atoms with Crippen LogP contribution in [0.3, 0.4) is 0 Å². The van der Waals surface area contributed by atoms with E-state index in [0.29, 0.717) is 12.4 Å². The SMILES string of the molecule is CN(C)CCCCNc1ncc2c(n1)-c1ccccc1C(c1ccc(NC(=O)Cc3ccccc3-c3ccccc3)cc1)C2. The van der Waals surface area contributed by atoms with E-state index in [2.05, 4.69) is 89.2 Å². The molecule has 222 valence electrons. The van der Waals surface area contributed by atoms with Crippen LogP contribution in [0.5, 0.6) is 0 Å². The molecule has 1 atom stereocenters. The van der Waals surface area contributed by atoms with Crippen LogP contribution in [-0.4, -0.2) is 48.0 Å². The number of anilines is 2. The summed E-state index contributed by atoms with van der Waals surface area (Å²) in [5, 5.41) is 6.52. The van der Waals surface area contributed by atoms with Gasteiger partial charge in [0.1, 0.15) is 0 Å². The Hall–Kier alpha value is -4.81. The van der Waals surface area contributed by atoms with Gasteiger partial charge in [-0.2, -0.15) is 0 Å². The van der Waals surface area contributed by atoms with Crippen molar-refractivity contribution in [3.8, 4) is 22.4 Å². The van der Waals surface area contributed by atoms with Crippen LogP contribution in [0.1, 0.15) is 41.0 Å². The summed E-state index contributed by atoms with van der Waals surface area (Å²) in [6.45, 7) is 1.94. The highest BCUT2D eigenvalue weighted by Gasteiger charge is 2.27. The highest BCUT2D eigenvalue weighted by molar-refractivity contribution is 5.93. The Balaban J connectivity index is 1.13. The zero-order chi connectivity index (χ0) is 30.3. The quantitative estimate of drug-likeness (QED) is 0.159. The van der Waals surface area contributed by atoms with Crippen LogP contribution >= 0.6 is 0 Å². The average molecular weight is 582 g/mol. The van der Waals surface area contributed by atoms with Crippen molar-refractivity contribution in [3.05, 3.63) is 132 Å². The Kier molecular flexibility index (Phi) is 9.09. The van der Waals surface area contributed by atoms with E-state index >= 15 is 0 Å². The molecule has 0 radical (unpaired) electrons. The molecule has 0 saturated carbocycles. The van der Waals surface area contributed by atoms with Gasteiger partial charge in [0, 0.05) is 29.9 Å². The zero-order valence-electron chi connectivity index (χ0n) is 25.5. The first-order valence-corrected chi connectivity index (χ1v) is 15.4. The van der Waals surface area contributed by atoms with E-state index in [1.54, 1.807) is 0 Å². The van der Waals surface area contributed by atoms with Gasteiger partial charge >= 0.3 is 0 Å². The number of nitrogens with one attached hydrogen (secondary N) is 2. The molecule has 44 heavy (non-hydrogen) atoms. The molecule has 2 N–H and O–H groups in total. The summed E-state index contributed by atoms with van der Waals surface area (Å²) in [5.74, 6) is 0.848. The van der Waals surface area contributed by atoms with Gasteiger partial charge in [0.25, 0.3) is 0 Å². The minimum absolute atomic E-state index is 0.0302. The molecule has 6 nitrogen and oxygen atoms in total. The van der Waals surface area contributed by atoms with Crippen molar-refractivity contribution in [2.24, 2.45) is 0 Å². The van der Waals surface area contributed by atoms with Crippen molar-refractivity contribution < 1.29 is 4.79 Å². The van der Waals surface area contributed by atoms with Crippen LogP contribution in [-0.2, 0) is 17.6 Å². The maximum atomic E-state index is 13.1. The summed E-state index contributed by atoms with van der Waals surface area (Å²) in [7, 11) is 4.21. The monoisotopic (exact) mass is 581 g/mol. The topological polar surface area (TPSA) is 70.2 Å². The van der Waals surface area contributed by atoms with Crippen LogP contribution < -0.4 is 10.6 Å². The number of rotatable bonds is 11. The van der Waals surface area contributed by atoms with Crippen molar-refractivity contribution in [3.63, 3.8) is 0 Å². The molecule has 4 aromatic carbocycles. The number of amides is 1. The van der Waals surface area contributed by atoms with E-state index in [1.807, 2.05) is 54.7 Å². The molecule has 6 rings (SSSR count). The average Bonchev–Trinajstić information content (AvgIpc) is 3.05. The van der Waals surface area contributed by atoms with E-state index in [9.17, 15) is 4.79 Å². The number of hydrogen-bond acceptors (Lipinski definition) is 5. The number of hydrogen-bond donors (Lipinski definition) is 2. The van der Waals surface area contributed by atoms with Gasteiger partial charge < -0.3 is 15.5 Å². The second-order valence-corrected chi connectivity index (χ2v) is 11.7. The van der Waals surface area contributed by atoms with E-state index in [-0.39, 0.29) is 11.8 Å². The third kappa shape index (κ3) is 6.87. The molecule has 1 heterocycles. The van der Waals surface area contributed by atoms with Gasteiger partial charge in [-0.3, -0.25) is 4.79 Å². The zero-order valence-corrected chi connectivity index (χ0v) is 25.5. The number of benzene rings is 4. The van der Waals surface area contributed by atoms with Gasteiger partial charge in [-0.25, -0.2) is 9.97 Å². The summed E-state index contributed by atoms with van der Waals surface area (Å²) in [6.07, 6.45) is 5.34. The lowest BCUT2D eigenvalue weighted by molar-refractivity contribution is -0.115. The maximum Gasteiger partial charge on any atom is 0.228 e. The normalized spacial score (nSPS) is 13.7. The van der Waals surface area contributed by atoms with Crippen LogP contribution in [0.4, 0.5) is 11.6 Å². The molecule has 1 aromatic heterocycles. The predicted molar refractivity (Wildman–Crippen MR) is 180 cm³/mol. The Morgan fingerprint density at radius 1 is 0.841 bits per heavy atom. The van der Waals surface area contributed by atoms with Crippen LogP contribution in [0.2, 0.25) is 0 Å². The predicted octanol–water partition coefficient (Wildman–Crippen LogP) is 7.43. The number of fused-ring (bicyclic) bond motifs is 3. The summed E-state index contributed by atoms with van der Waals surface area (Å²) in [6, 6.07) is 35.1. The number of nitrogens with zero attached hydrogens (tertiary/aromatic N) is 3.